The highest BCUT2D eigenvalue weighted by Crippen LogP contribution is 2.34. The van der Waals surface area contributed by atoms with Crippen molar-refractivity contribution in [1.82, 2.24) is 9.97 Å². The Morgan fingerprint density at radius 2 is 2.00 bits per heavy atom. The van der Waals surface area contributed by atoms with E-state index in [1.165, 1.54) is 0 Å². The maximum Gasteiger partial charge on any atom is 0.274 e. The maximum absolute atomic E-state index is 12.5. The summed E-state index contributed by atoms with van der Waals surface area (Å²) in [6.45, 7) is 0.802. The lowest BCUT2D eigenvalue weighted by Gasteiger charge is -2.08. The van der Waals surface area contributed by atoms with Gasteiger partial charge in [-0.25, -0.2) is 9.97 Å². The highest BCUT2D eigenvalue weighted by molar-refractivity contribution is 6.30. The number of anilines is 2. The lowest BCUT2D eigenvalue weighted by molar-refractivity contribution is 0.102. The summed E-state index contributed by atoms with van der Waals surface area (Å²) in [7, 11) is 0. The highest BCUT2D eigenvalue weighted by Gasteiger charge is 2.15. The summed E-state index contributed by atoms with van der Waals surface area (Å²) in [5.74, 6) is 1.31. The molecular formula is C20H17ClN4O3. The SMILES string of the molecule is O=C(Nc1ccc2c(c1)OCO2)c1ccnc(NCCc2cccc(Cl)c2)n1. The Kier molecular flexibility index (Phi) is 5.25. The predicted molar refractivity (Wildman–Crippen MR) is 106 cm³/mol. The van der Waals surface area contributed by atoms with E-state index in [2.05, 4.69) is 20.6 Å². The van der Waals surface area contributed by atoms with Crippen molar-refractivity contribution in [2.24, 2.45) is 0 Å². The van der Waals surface area contributed by atoms with Gasteiger partial charge in [0.15, 0.2) is 11.5 Å². The number of benzene rings is 2. The van der Waals surface area contributed by atoms with Gasteiger partial charge in [-0.3, -0.25) is 4.79 Å². The first-order chi connectivity index (χ1) is 13.7. The lowest BCUT2D eigenvalue weighted by atomic mass is 10.1. The smallest absolute Gasteiger partial charge is 0.274 e. The molecule has 2 N–H and O–H groups in total. The molecule has 2 heterocycles. The molecule has 0 fully saturated rings. The molecule has 2 aromatic carbocycles. The van der Waals surface area contributed by atoms with Crippen LogP contribution >= 0.6 is 11.6 Å². The zero-order chi connectivity index (χ0) is 19.3. The monoisotopic (exact) mass is 396 g/mol. The fraction of sp³-hybridized carbons (Fsp3) is 0.150. The van der Waals surface area contributed by atoms with E-state index < -0.39 is 0 Å². The predicted octanol–water partition coefficient (Wildman–Crippen LogP) is 3.77. The van der Waals surface area contributed by atoms with Gasteiger partial charge in [-0.15, -0.1) is 0 Å². The van der Waals surface area contributed by atoms with Crippen molar-refractivity contribution in [3.8, 4) is 11.5 Å². The molecule has 1 aromatic heterocycles. The molecule has 1 amide bonds. The molecule has 1 aliphatic heterocycles. The number of hydrogen-bond acceptors (Lipinski definition) is 6. The number of amides is 1. The van der Waals surface area contributed by atoms with E-state index in [0.29, 0.717) is 34.7 Å². The third-order valence-corrected chi connectivity index (χ3v) is 4.34. The number of carbonyl (C=O) groups excluding carboxylic acids is 1. The number of ether oxygens (including phenoxy) is 2. The molecule has 3 aromatic rings. The first-order valence-electron chi connectivity index (χ1n) is 8.70. The second-order valence-electron chi connectivity index (χ2n) is 6.09. The first-order valence-corrected chi connectivity index (χ1v) is 9.07. The van der Waals surface area contributed by atoms with Crippen molar-refractivity contribution in [3.05, 3.63) is 71.0 Å². The van der Waals surface area contributed by atoms with Crippen LogP contribution in [0, 0.1) is 0 Å². The molecule has 0 bridgehead atoms. The molecule has 28 heavy (non-hydrogen) atoms. The number of aromatic nitrogens is 2. The van der Waals surface area contributed by atoms with E-state index in [1.54, 1.807) is 30.5 Å². The highest BCUT2D eigenvalue weighted by atomic mass is 35.5. The van der Waals surface area contributed by atoms with Crippen LogP contribution in [0.4, 0.5) is 11.6 Å². The molecule has 0 saturated carbocycles. The van der Waals surface area contributed by atoms with Crippen LogP contribution in [0.25, 0.3) is 0 Å². The number of halogens is 1. The van der Waals surface area contributed by atoms with Crippen LogP contribution in [-0.4, -0.2) is 29.2 Å². The van der Waals surface area contributed by atoms with Crippen LogP contribution in [0.3, 0.4) is 0 Å². The summed E-state index contributed by atoms with van der Waals surface area (Å²) in [5.41, 5.74) is 1.97. The second-order valence-corrected chi connectivity index (χ2v) is 6.53. The van der Waals surface area contributed by atoms with Crippen molar-refractivity contribution in [2.45, 2.75) is 6.42 Å². The number of nitrogens with one attached hydrogen (secondary N) is 2. The Balaban J connectivity index is 1.36. The van der Waals surface area contributed by atoms with Crippen molar-refractivity contribution in [1.29, 1.82) is 0 Å². The molecule has 0 aliphatic carbocycles. The summed E-state index contributed by atoms with van der Waals surface area (Å²) in [6.07, 6.45) is 2.31. The Morgan fingerprint density at radius 1 is 1.11 bits per heavy atom. The number of hydrogen-bond donors (Lipinski definition) is 2. The van der Waals surface area contributed by atoms with Crippen molar-refractivity contribution >= 4 is 29.1 Å². The van der Waals surface area contributed by atoms with Gasteiger partial charge in [0.1, 0.15) is 5.69 Å². The van der Waals surface area contributed by atoms with E-state index in [-0.39, 0.29) is 18.4 Å². The van der Waals surface area contributed by atoms with Crippen LogP contribution in [0.15, 0.2) is 54.7 Å². The normalized spacial score (nSPS) is 11.9. The minimum atomic E-state index is -0.334. The van der Waals surface area contributed by atoms with Gasteiger partial charge in [-0.05, 0) is 42.3 Å². The van der Waals surface area contributed by atoms with Gasteiger partial charge in [0.05, 0.1) is 0 Å². The average molecular weight is 397 g/mol. The quantitative estimate of drug-likeness (QED) is 0.659. The molecule has 0 spiro atoms. The molecule has 0 atom stereocenters. The maximum atomic E-state index is 12.5. The average Bonchev–Trinajstić information content (AvgIpc) is 3.16. The van der Waals surface area contributed by atoms with E-state index in [1.807, 2.05) is 24.3 Å². The number of nitrogens with zero attached hydrogens (tertiary/aromatic N) is 2. The zero-order valence-corrected chi connectivity index (χ0v) is 15.6. The van der Waals surface area contributed by atoms with Crippen LogP contribution in [0.5, 0.6) is 11.5 Å². The van der Waals surface area contributed by atoms with Gasteiger partial charge in [-0.2, -0.15) is 0 Å². The van der Waals surface area contributed by atoms with Crippen LogP contribution in [0.1, 0.15) is 16.1 Å². The van der Waals surface area contributed by atoms with E-state index in [4.69, 9.17) is 21.1 Å². The van der Waals surface area contributed by atoms with Gasteiger partial charge in [-0.1, -0.05) is 23.7 Å². The molecule has 1 aliphatic rings. The molecular weight excluding hydrogens is 380 g/mol. The summed E-state index contributed by atoms with van der Waals surface area (Å²) in [4.78, 5) is 20.9. The Bertz CT molecular complexity index is 1010. The third kappa shape index (κ3) is 4.32. The zero-order valence-electron chi connectivity index (χ0n) is 14.8. The van der Waals surface area contributed by atoms with Crippen molar-refractivity contribution in [3.63, 3.8) is 0 Å². The Labute approximate surface area is 166 Å². The molecule has 4 rings (SSSR count). The van der Waals surface area contributed by atoms with Crippen LogP contribution in [0.2, 0.25) is 5.02 Å². The summed E-state index contributed by atoms with van der Waals surface area (Å²) in [5, 5.41) is 6.62. The Hall–Kier alpha value is -3.32. The number of rotatable bonds is 6. The Morgan fingerprint density at radius 3 is 2.89 bits per heavy atom. The summed E-state index contributed by atoms with van der Waals surface area (Å²) in [6, 6.07) is 14.4. The first kappa shape index (κ1) is 18.1. The van der Waals surface area contributed by atoms with Gasteiger partial charge in [0.2, 0.25) is 12.7 Å². The third-order valence-electron chi connectivity index (χ3n) is 4.10. The molecule has 7 nitrogen and oxygen atoms in total. The van der Waals surface area contributed by atoms with E-state index in [0.717, 1.165) is 12.0 Å². The lowest BCUT2D eigenvalue weighted by Crippen LogP contribution is -2.16. The van der Waals surface area contributed by atoms with E-state index >= 15 is 0 Å². The summed E-state index contributed by atoms with van der Waals surface area (Å²) < 4.78 is 10.6. The number of fused-ring (bicyclic) bond motifs is 1. The fourth-order valence-electron chi connectivity index (χ4n) is 2.75. The molecule has 0 saturated heterocycles. The van der Waals surface area contributed by atoms with Crippen LogP contribution in [-0.2, 0) is 6.42 Å². The van der Waals surface area contributed by atoms with E-state index in [9.17, 15) is 4.79 Å². The minimum Gasteiger partial charge on any atom is -0.454 e. The molecule has 0 radical (unpaired) electrons. The second kappa shape index (κ2) is 8.14. The largest absolute Gasteiger partial charge is 0.454 e. The van der Waals surface area contributed by atoms with Crippen molar-refractivity contribution < 1.29 is 14.3 Å². The fourth-order valence-corrected chi connectivity index (χ4v) is 2.96. The van der Waals surface area contributed by atoms with Crippen LogP contribution < -0.4 is 20.1 Å². The van der Waals surface area contributed by atoms with Gasteiger partial charge in [0, 0.05) is 29.5 Å². The van der Waals surface area contributed by atoms with Gasteiger partial charge in [0.25, 0.3) is 5.91 Å². The number of carbonyl (C=O) groups is 1. The summed E-state index contributed by atoms with van der Waals surface area (Å²) >= 11 is 5.99. The van der Waals surface area contributed by atoms with Crippen molar-refractivity contribution in [2.75, 3.05) is 24.0 Å². The minimum absolute atomic E-state index is 0.183. The topological polar surface area (TPSA) is 85.4 Å². The standard InChI is InChI=1S/C20H17ClN4O3/c21-14-3-1-2-13(10-14)6-8-22-20-23-9-7-16(25-20)19(26)24-15-4-5-17-18(11-15)28-12-27-17/h1-5,7,9-11H,6,8,12H2,(H,24,26)(H,22,23,25). The molecule has 142 valence electrons. The molecule has 8 heteroatoms. The van der Waals surface area contributed by atoms with Gasteiger partial charge >= 0.3 is 0 Å². The molecule has 0 unspecified atom stereocenters. The van der Waals surface area contributed by atoms with Gasteiger partial charge < -0.3 is 20.1 Å².